The average Bonchev–Trinajstić information content (AvgIpc) is 2.41. The molecule has 112 valence electrons. The molecule has 4 heteroatoms. The molecule has 0 aliphatic carbocycles. The molecule has 1 aromatic rings. The van der Waals surface area contributed by atoms with Crippen LogP contribution in [0.15, 0.2) is 24.3 Å². The van der Waals surface area contributed by atoms with Crippen molar-refractivity contribution in [2.75, 3.05) is 13.2 Å². The second-order valence-corrected chi connectivity index (χ2v) is 5.73. The Hall–Kier alpha value is -0.970. The molecule has 20 heavy (non-hydrogen) atoms. The molecule has 3 nitrogen and oxygen atoms in total. The van der Waals surface area contributed by atoms with Crippen LogP contribution in [-0.4, -0.2) is 36.2 Å². The van der Waals surface area contributed by atoms with E-state index in [1.807, 2.05) is 19.1 Å². The highest BCUT2D eigenvalue weighted by Crippen LogP contribution is 2.31. The molecule has 0 spiro atoms. The van der Waals surface area contributed by atoms with E-state index in [-0.39, 0.29) is 24.0 Å². The highest BCUT2D eigenvalue weighted by Gasteiger charge is 2.34. The molecule has 1 heterocycles. The van der Waals surface area contributed by atoms with Crippen LogP contribution in [0, 0.1) is 5.82 Å². The van der Waals surface area contributed by atoms with Gasteiger partial charge in [-0.15, -0.1) is 0 Å². The van der Waals surface area contributed by atoms with Gasteiger partial charge in [-0.2, -0.15) is 0 Å². The first-order chi connectivity index (χ1) is 9.54. The first-order valence-corrected chi connectivity index (χ1v) is 7.42. The summed E-state index contributed by atoms with van der Waals surface area (Å²) in [6.45, 7) is 7.62. The molecule has 1 aromatic carbocycles. The molecule has 2 N–H and O–H groups in total. The van der Waals surface area contributed by atoms with Crippen LogP contribution in [-0.2, 0) is 4.74 Å². The smallest absolute Gasteiger partial charge is 0.128 e. The van der Waals surface area contributed by atoms with Crippen LogP contribution in [0.5, 0.6) is 0 Å². The molecule has 0 radical (unpaired) electrons. The molecule has 0 saturated carbocycles. The normalized spacial score (nSPS) is 27.2. The van der Waals surface area contributed by atoms with Gasteiger partial charge in [-0.1, -0.05) is 25.1 Å². The Morgan fingerprint density at radius 2 is 2.15 bits per heavy atom. The summed E-state index contributed by atoms with van der Waals surface area (Å²) in [6.07, 6.45) is 1.13. The number of nitrogens with zero attached hydrogens (tertiary/aromatic N) is 1. The lowest BCUT2D eigenvalue weighted by Gasteiger charge is -2.44. The predicted octanol–water partition coefficient (Wildman–Crippen LogP) is 2.71. The second kappa shape index (κ2) is 6.66. The summed E-state index contributed by atoms with van der Waals surface area (Å²) in [7, 11) is 0. The minimum Gasteiger partial charge on any atom is -0.376 e. The zero-order chi connectivity index (χ0) is 14.7. The molecule has 4 unspecified atom stereocenters. The van der Waals surface area contributed by atoms with Gasteiger partial charge in [0.05, 0.1) is 18.8 Å². The number of ether oxygens (including phenoxy) is 1. The first kappa shape index (κ1) is 15.4. The lowest BCUT2D eigenvalue weighted by atomic mass is 9.95. The molecular weight excluding hydrogens is 255 g/mol. The summed E-state index contributed by atoms with van der Waals surface area (Å²) < 4.78 is 19.9. The minimum atomic E-state index is -0.177. The van der Waals surface area contributed by atoms with Crippen LogP contribution in [0.1, 0.15) is 38.8 Å². The molecule has 1 aliphatic heterocycles. The molecule has 0 aromatic heterocycles. The maximum Gasteiger partial charge on any atom is 0.128 e. The summed E-state index contributed by atoms with van der Waals surface area (Å²) in [4.78, 5) is 2.32. The average molecular weight is 280 g/mol. The standard InChI is InChI=1S/C16H25FN2O/c1-4-13-10-20-11(2)9-19(13)16(12(3)18)14-7-5-6-8-15(14)17/h5-8,11-13,16H,4,9-10,18H2,1-3H3. The van der Waals surface area contributed by atoms with Crippen molar-refractivity contribution in [2.45, 2.75) is 51.4 Å². The fraction of sp³-hybridized carbons (Fsp3) is 0.625. The van der Waals surface area contributed by atoms with E-state index in [0.717, 1.165) is 13.0 Å². The van der Waals surface area contributed by atoms with Crippen molar-refractivity contribution in [1.29, 1.82) is 0 Å². The zero-order valence-corrected chi connectivity index (χ0v) is 12.6. The molecule has 4 atom stereocenters. The van der Waals surface area contributed by atoms with Crippen LogP contribution >= 0.6 is 0 Å². The van der Waals surface area contributed by atoms with Gasteiger partial charge in [0.25, 0.3) is 0 Å². The summed E-state index contributed by atoms with van der Waals surface area (Å²) in [5.41, 5.74) is 6.87. The monoisotopic (exact) mass is 280 g/mol. The van der Waals surface area contributed by atoms with Gasteiger partial charge in [0, 0.05) is 24.2 Å². The van der Waals surface area contributed by atoms with Gasteiger partial charge in [0.2, 0.25) is 0 Å². The minimum absolute atomic E-state index is 0.104. The lowest BCUT2D eigenvalue weighted by Crippen LogP contribution is -2.53. The van der Waals surface area contributed by atoms with E-state index in [2.05, 4.69) is 18.7 Å². The Morgan fingerprint density at radius 1 is 1.45 bits per heavy atom. The van der Waals surface area contributed by atoms with E-state index in [9.17, 15) is 4.39 Å². The van der Waals surface area contributed by atoms with Gasteiger partial charge in [-0.05, 0) is 26.3 Å². The van der Waals surface area contributed by atoms with Gasteiger partial charge < -0.3 is 10.5 Å². The molecule has 1 saturated heterocycles. The Bertz CT molecular complexity index is 438. The van der Waals surface area contributed by atoms with E-state index in [4.69, 9.17) is 10.5 Å². The molecule has 0 amide bonds. The number of nitrogens with two attached hydrogens (primary N) is 1. The fourth-order valence-corrected chi connectivity index (χ4v) is 3.04. The lowest BCUT2D eigenvalue weighted by molar-refractivity contribution is -0.0766. The largest absolute Gasteiger partial charge is 0.376 e. The molecule has 1 fully saturated rings. The summed E-state index contributed by atoms with van der Waals surface area (Å²) in [5.74, 6) is -0.177. The van der Waals surface area contributed by atoms with Crippen LogP contribution in [0.4, 0.5) is 4.39 Å². The van der Waals surface area contributed by atoms with E-state index < -0.39 is 0 Å². The van der Waals surface area contributed by atoms with Crippen LogP contribution in [0.2, 0.25) is 0 Å². The number of hydrogen-bond acceptors (Lipinski definition) is 3. The highest BCUT2D eigenvalue weighted by molar-refractivity contribution is 5.23. The maximum absolute atomic E-state index is 14.2. The SMILES string of the molecule is CCC1COC(C)CN1C(c1ccccc1F)C(C)N. The highest BCUT2D eigenvalue weighted by atomic mass is 19.1. The van der Waals surface area contributed by atoms with Crippen LogP contribution < -0.4 is 5.73 Å². The van der Waals surface area contributed by atoms with E-state index in [0.29, 0.717) is 18.2 Å². The van der Waals surface area contributed by atoms with Crippen molar-refractivity contribution >= 4 is 0 Å². The Morgan fingerprint density at radius 3 is 2.75 bits per heavy atom. The van der Waals surface area contributed by atoms with Gasteiger partial charge in [-0.25, -0.2) is 4.39 Å². The van der Waals surface area contributed by atoms with Crippen LogP contribution in [0.3, 0.4) is 0 Å². The third-order valence-electron chi connectivity index (χ3n) is 4.06. The van der Waals surface area contributed by atoms with Gasteiger partial charge in [0.1, 0.15) is 5.82 Å². The summed E-state index contributed by atoms with van der Waals surface area (Å²) in [5, 5.41) is 0. The topological polar surface area (TPSA) is 38.5 Å². The van der Waals surface area contributed by atoms with E-state index in [1.165, 1.54) is 6.07 Å². The third kappa shape index (κ3) is 3.19. The van der Waals surface area contributed by atoms with Crippen molar-refractivity contribution in [1.82, 2.24) is 4.90 Å². The van der Waals surface area contributed by atoms with Crippen molar-refractivity contribution in [3.63, 3.8) is 0 Å². The predicted molar refractivity (Wildman–Crippen MR) is 79.0 cm³/mol. The van der Waals surface area contributed by atoms with Gasteiger partial charge >= 0.3 is 0 Å². The van der Waals surface area contributed by atoms with E-state index >= 15 is 0 Å². The van der Waals surface area contributed by atoms with Crippen molar-refractivity contribution in [3.05, 3.63) is 35.6 Å². The van der Waals surface area contributed by atoms with Gasteiger partial charge in [0.15, 0.2) is 0 Å². The number of halogens is 1. The third-order valence-corrected chi connectivity index (χ3v) is 4.06. The quantitative estimate of drug-likeness (QED) is 0.921. The molecule has 0 bridgehead atoms. The number of benzene rings is 1. The molecular formula is C16H25FN2O. The number of hydrogen-bond donors (Lipinski definition) is 1. The van der Waals surface area contributed by atoms with Crippen molar-refractivity contribution in [2.24, 2.45) is 5.73 Å². The second-order valence-electron chi connectivity index (χ2n) is 5.73. The molecule has 2 rings (SSSR count). The molecule has 1 aliphatic rings. The number of rotatable bonds is 4. The van der Waals surface area contributed by atoms with E-state index in [1.54, 1.807) is 6.07 Å². The fourth-order valence-electron chi connectivity index (χ4n) is 3.04. The van der Waals surface area contributed by atoms with Gasteiger partial charge in [-0.3, -0.25) is 4.90 Å². The Balaban J connectivity index is 2.34. The van der Waals surface area contributed by atoms with Crippen molar-refractivity contribution in [3.8, 4) is 0 Å². The Kier molecular flexibility index (Phi) is 5.13. The summed E-state index contributed by atoms with van der Waals surface area (Å²) in [6, 6.07) is 7.00. The first-order valence-electron chi connectivity index (χ1n) is 7.42. The zero-order valence-electron chi connectivity index (χ0n) is 12.6. The van der Waals surface area contributed by atoms with Crippen molar-refractivity contribution < 1.29 is 9.13 Å². The number of morpholine rings is 1. The van der Waals surface area contributed by atoms with Crippen LogP contribution in [0.25, 0.3) is 0 Å². The maximum atomic E-state index is 14.2. The summed E-state index contributed by atoms with van der Waals surface area (Å²) >= 11 is 0. The Labute approximate surface area is 120 Å².